The van der Waals surface area contributed by atoms with Crippen LogP contribution in [-0.4, -0.2) is 24.6 Å². The predicted molar refractivity (Wildman–Crippen MR) is 105 cm³/mol. The van der Waals surface area contributed by atoms with Crippen molar-refractivity contribution in [3.8, 4) is 0 Å². The van der Waals surface area contributed by atoms with E-state index >= 15 is 0 Å². The van der Waals surface area contributed by atoms with E-state index in [9.17, 15) is 4.79 Å². The third-order valence-corrected chi connectivity index (χ3v) is 6.63. The first-order valence-electron chi connectivity index (χ1n) is 9.36. The molecular formula is C20H34N2O2S. The van der Waals surface area contributed by atoms with Crippen LogP contribution in [0.15, 0.2) is 0 Å². The van der Waals surface area contributed by atoms with E-state index in [1.165, 1.54) is 32.8 Å². The van der Waals surface area contributed by atoms with Gasteiger partial charge in [0.15, 0.2) is 5.13 Å². The van der Waals surface area contributed by atoms with E-state index in [0.717, 1.165) is 34.1 Å². The van der Waals surface area contributed by atoms with E-state index in [4.69, 9.17) is 9.72 Å². The zero-order chi connectivity index (χ0) is 18.8. The summed E-state index contributed by atoms with van der Waals surface area (Å²) in [5.41, 5.74) is 0.544. The molecule has 0 radical (unpaired) electrons. The largest absolute Gasteiger partial charge is 0.468 e. The quantitative estimate of drug-likeness (QED) is 0.731. The number of carbonyl (C=O) groups is 1. The minimum Gasteiger partial charge on any atom is -0.468 e. The van der Waals surface area contributed by atoms with Gasteiger partial charge in [0.25, 0.3) is 0 Å². The maximum atomic E-state index is 12.0. The Morgan fingerprint density at radius 3 is 2.32 bits per heavy atom. The first kappa shape index (κ1) is 20.2. The van der Waals surface area contributed by atoms with Gasteiger partial charge in [-0.2, -0.15) is 0 Å². The smallest absolute Gasteiger partial charge is 0.317 e. The number of thiazole rings is 1. The van der Waals surface area contributed by atoms with Crippen LogP contribution in [0.25, 0.3) is 0 Å². The van der Waals surface area contributed by atoms with Gasteiger partial charge in [0.05, 0.1) is 12.8 Å². The van der Waals surface area contributed by atoms with Crippen LogP contribution in [0.1, 0.15) is 70.9 Å². The Labute approximate surface area is 156 Å². The topological polar surface area (TPSA) is 51.2 Å². The Kier molecular flexibility index (Phi) is 6.18. The van der Waals surface area contributed by atoms with Gasteiger partial charge in [-0.3, -0.25) is 4.79 Å². The summed E-state index contributed by atoms with van der Waals surface area (Å²) in [6.45, 7) is 13.8. The summed E-state index contributed by atoms with van der Waals surface area (Å²) >= 11 is 1.63. The van der Waals surface area contributed by atoms with Crippen LogP contribution in [0.5, 0.6) is 0 Å². The number of aryl methyl sites for hydroxylation is 1. The third kappa shape index (κ3) is 4.75. The molecule has 1 aliphatic carbocycles. The van der Waals surface area contributed by atoms with E-state index in [2.05, 4.69) is 26.1 Å². The SMILES string of the molecule is COC(=O)C(C)(C)c1nc(NCC2CCC(C(C)(C)C)CC2)sc1C. The molecule has 0 spiro atoms. The fourth-order valence-electron chi connectivity index (χ4n) is 3.87. The maximum absolute atomic E-state index is 12.0. The van der Waals surface area contributed by atoms with Crippen LogP contribution < -0.4 is 5.32 Å². The molecule has 1 N–H and O–H groups in total. The molecule has 1 fully saturated rings. The summed E-state index contributed by atoms with van der Waals surface area (Å²) in [5.74, 6) is 1.33. The number of carbonyl (C=O) groups excluding carboxylic acids is 1. The molecule has 4 nitrogen and oxygen atoms in total. The van der Waals surface area contributed by atoms with Crippen LogP contribution in [0, 0.1) is 24.2 Å². The molecule has 1 aliphatic rings. The van der Waals surface area contributed by atoms with Crippen molar-refractivity contribution in [2.24, 2.45) is 17.3 Å². The number of rotatable bonds is 5. The van der Waals surface area contributed by atoms with Crippen molar-refractivity contribution in [2.75, 3.05) is 19.0 Å². The molecule has 0 atom stereocenters. The molecule has 1 heterocycles. The molecule has 5 heteroatoms. The second-order valence-corrected chi connectivity index (χ2v) is 10.2. The highest BCUT2D eigenvalue weighted by Crippen LogP contribution is 2.40. The Balaban J connectivity index is 1.93. The highest BCUT2D eigenvalue weighted by molar-refractivity contribution is 7.15. The Morgan fingerprint density at radius 2 is 1.80 bits per heavy atom. The Hall–Kier alpha value is -1.10. The molecule has 2 rings (SSSR count). The number of hydrogen-bond acceptors (Lipinski definition) is 5. The normalized spacial score (nSPS) is 21.9. The highest BCUT2D eigenvalue weighted by atomic mass is 32.1. The number of aromatic nitrogens is 1. The molecule has 0 aromatic carbocycles. The predicted octanol–water partition coefficient (Wildman–Crippen LogP) is 5.17. The number of anilines is 1. The van der Waals surface area contributed by atoms with Crippen LogP contribution in [0.3, 0.4) is 0 Å². The zero-order valence-electron chi connectivity index (χ0n) is 16.9. The number of hydrogen-bond donors (Lipinski definition) is 1. The second-order valence-electron chi connectivity index (χ2n) is 9.00. The number of nitrogens with zero attached hydrogens (tertiary/aromatic N) is 1. The lowest BCUT2D eigenvalue weighted by Crippen LogP contribution is -2.31. The van der Waals surface area contributed by atoms with Crippen molar-refractivity contribution in [2.45, 2.75) is 72.6 Å². The van der Waals surface area contributed by atoms with Gasteiger partial charge < -0.3 is 10.1 Å². The van der Waals surface area contributed by atoms with Crippen molar-refractivity contribution in [1.29, 1.82) is 0 Å². The zero-order valence-corrected chi connectivity index (χ0v) is 17.7. The summed E-state index contributed by atoms with van der Waals surface area (Å²) in [7, 11) is 1.43. The van der Waals surface area contributed by atoms with E-state index < -0.39 is 5.41 Å². The van der Waals surface area contributed by atoms with Gasteiger partial charge in [0.2, 0.25) is 0 Å². The second kappa shape index (κ2) is 7.65. The van der Waals surface area contributed by atoms with Gasteiger partial charge in [-0.15, -0.1) is 11.3 Å². The third-order valence-electron chi connectivity index (χ3n) is 5.70. The van der Waals surface area contributed by atoms with Gasteiger partial charge in [-0.25, -0.2) is 4.98 Å². The van der Waals surface area contributed by atoms with Gasteiger partial charge in [-0.1, -0.05) is 20.8 Å². The molecular weight excluding hydrogens is 332 g/mol. The molecule has 1 aromatic rings. The molecule has 0 bridgehead atoms. The van der Waals surface area contributed by atoms with Crippen molar-refractivity contribution < 1.29 is 9.53 Å². The molecule has 0 amide bonds. The average Bonchev–Trinajstić information content (AvgIpc) is 2.93. The van der Waals surface area contributed by atoms with Crippen LogP contribution in [0.2, 0.25) is 0 Å². The van der Waals surface area contributed by atoms with Crippen molar-refractivity contribution in [3.63, 3.8) is 0 Å². The number of nitrogens with one attached hydrogen (secondary N) is 1. The summed E-state index contributed by atoms with van der Waals surface area (Å²) < 4.78 is 4.93. The lowest BCUT2D eigenvalue weighted by molar-refractivity contribution is -0.146. The monoisotopic (exact) mass is 366 g/mol. The summed E-state index contributed by atoms with van der Waals surface area (Å²) in [6.07, 6.45) is 5.24. The summed E-state index contributed by atoms with van der Waals surface area (Å²) in [6, 6.07) is 0. The van der Waals surface area contributed by atoms with Crippen molar-refractivity contribution in [3.05, 3.63) is 10.6 Å². The Bertz CT molecular complexity index is 593. The first-order valence-corrected chi connectivity index (χ1v) is 10.2. The van der Waals surface area contributed by atoms with E-state index in [-0.39, 0.29) is 5.97 Å². The average molecular weight is 367 g/mol. The van der Waals surface area contributed by atoms with Gasteiger partial charge in [0, 0.05) is 11.4 Å². The molecule has 25 heavy (non-hydrogen) atoms. The van der Waals surface area contributed by atoms with Gasteiger partial charge >= 0.3 is 5.97 Å². The minimum atomic E-state index is -0.708. The minimum absolute atomic E-state index is 0.243. The van der Waals surface area contributed by atoms with Crippen LogP contribution in [-0.2, 0) is 14.9 Å². The molecule has 0 unspecified atom stereocenters. The molecule has 0 saturated heterocycles. The van der Waals surface area contributed by atoms with Gasteiger partial charge in [-0.05, 0) is 63.7 Å². The number of esters is 1. The fourth-order valence-corrected chi connectivity index (χ4v) is 4.85. The standard InChI is InChI=1S/C20H34N2O2S/c1-13-16(20(5,6)17(23)24-7)22-18(25-13)21-12-14-8-10-15(11-9-14)19(2,3)4/h14-15H,8-12H2,1-7H3,(H,21,22). The molecule has 1 aromatic heterocycles. The van der Waals surface area contributed by atoms with E-state index in [1.807, 2.05) is 20.8 Å². The van der Waals surface area contributed by atoms with E-state index in [1.54, 1.807) is 11.3 Å². The lowest BCUT2D eigenvalue weighted by Gasteiger charge is -2.37. The lowest BCUT2D eigenvalue weighted by atomic mass is 9.70. The molecule has 0 aliphatic heterocycles. The maximum Gasteiger partial charge on any atom is 0.317 e. The highest BCUT2D eigenvalue weighted by Gasteiger charge is 2.35. The number of methoxy groups -OCH3 is 1. The fraction of sp³-hybridized carbons (Fsp3) is 0.800. The first-order chi connectivity index (χ1) is 11.6. The summed E-state index contributed by atoms with van der Waals surface area (Å²) in [5, 5.41) is 4.43. The van der Waals surface area contributed by atoms with Crippen LogP contribution in [0.4, 0.5) is 5.13 Å². The Morgan fingerprint density at radius 1 is 1.20 bits per heavy atom. The summed E-state index contributed by atoms with van der Waals surface area (Å²) in [4.78, 5) is 17.8. The van der Waals surface area contributed by atoms with Gasteiger partial charge in [0.1, 0.15) is 5.41 Å². The van der Waals surface area contributed by atoms with E-state index in [0.29, 0.717) is 5.41 Å². The van der Waals surface area contributed by atoms with Crippen LogP contribution >= 0.6 is 11.3 Å². The van der Waals surface area contributed by atoms with Crippen molar-refractivity contribution >= 4 is 22.4 Å². The number of ether oxygens (including phenoxy) is 1. The molecule has 1 saturated carbocycles. The molecule has 142 valence electrons. The van der Waals surface area contributed by atoms with Crippen molar-refractivity contribution in [1.82, 2.24) is 4.98 Å².